The smallest absolute Gasteiger partial charge is 0.339 e. The van der Waals surface area contributed by atoms with Gasteiger partial charge in [-0.3, -0.25) is 0 Å². The second kappa shape index (κ2) is 3.22. The van der Waals surface area contributed by atoms with Crippen LogP contribution in [-0.4, -0.2) is 13.1 Å². The minimum atomic E-state index is -0.376. The molecule has 0 bridgehead atoms. The summed E-state index contributed by atoms with van der Waals surface area (Å²) in [6.45, 7) is 0. The van der Waals surface area contributed by atoms with Gasteiger partial charge >= 0.3 is 5.97 Å². The Kier molecular flexibility index (Phi) is 2.29. The number of rotatable bonds is 1. The number of methoxy groups -OCH3 is 1. The first kappa shape index (κ1) is 7.83. The molecule has 0 unspecified atom stereocenters. The van der Waals surface area contributed by atoms with Crippen molar-refractivity contribution in [2.75, 3.05) is 7.11 Å². The quantitative estimate of drug-likeness (QED) is 0.467. The summed E-state index contributed by atoms with van der Waals surface area (Å²) in [4.78, 5) is 11.6. The van der Waals surface area contributed by atoms with Crippen LogP contribution in [0.5, 0.6) is 0 Å². The Balaban J connectivity index is 3.05. The van der Waals surface area contributed by atoms with Gasteiger partial charge in [0.15, 0.2) is 0 Å². The molecule has 0 fully saturated rings. The summed E-state index contributed by atoms with van der Waals surface area (Å²) in [5, 5.41) is 1.77. The van der Waals surface area contributed by atoms with Crippen LogP contribution in [0.25, 0.3) is 0 Å². The third-order valence-electron chi connectivity index (χ3n) is 1.20. The normalized spacial score (nSPS) is 8.73. The Morgan fingerprint density at radius 3 is 3.09 bits per heavy atom. The summed E-state index contributed by atoms with van der Waals surface area (Å²) < 4.78 is 4.51. The van der Waals surface area contributed by atoms with Crippen molar-refractivity contribution >= 4 is 17.3 Å². The van der Waals surface area contributed by atoms with Crippen molar-refractivity contribution in [1.29, 1.82) is 0 Å². The maximum Gasteiger partial charge on any atom is 0.339 e. The van der Waals surface area contributed by atoms with Gasteiger partial charge in [0.05, 0.1) is 17.6 Å². The lowest BCUT2D eigenvalue weighted by Crippen LogP contribution is -2.00. The van der Waals surface area contributed by atoms with E-state index in [4.69, 9.17) is 6.42 Å². The van der Waals surface area contributed by atoms with Crippen LogP contribution in [0.15, 0.2) is 11.4 Å². The van der Waals surface area contributed by atoms with Crippen molar-refractivity contribution in [2.24, 2.45) is 0 Å². The molecule has 1 aromatic heterocycles. The minimum absolute atomic E-state index is 0.376. The van der Waals surface area contributed by atoms with Gasteiger partial charge in [0, 0.05) is 0 Å². The number of hydrogen-bond acceptors (Lipinski definition) is 3. The Hall–Kier alpha value is -1.27. The average molecular weight is 166 g/mol. The third-order valence-corrected chi connectivity index (χ3v) is 2.05. The molecule has 0 saturated carbocycles. The second-order valence-corrected chi connectivity index (χ2v) is 2.72. The predicted octanol–water partition coefficient (Wildman–Crippen LogP) is 1.52. The number of thiophene rings is 1. The molecule has 0 aliphatic heterocycles. The van der Waals surface area contributed by atoms with Crippen molar-refractivity contribution < 1.29 is 9.53 Å². The maximum absolute atomic E-state index is 10.9. The standard InChI is InChI=1S/C8H6O2S/c1-3-7-6(4-5-11-7)8(9)10-2/h1,4-5H,2H3. The molecule has 56 valence electrons. The predicted molar refractivity (Wildman–Crippen MR) is 43.6 cm³/mol. The van der Waals surface area contributed by atoms with Crippen LogP contribution in [0.4, 0.5) is 0 Å². The van der Waals surface area contributed by atoms with Gasteiger partial charge in [-0.25, -0.2) is 4.79 Å². The summed E-state index contributed by atoms with van der Waals surface area (Å²) in [6, 6.07) is 1.66. The number of carbonyl (C=O) groups is 1. The minimum Gasteiger partial charge on any atom is -0.465 e. The van der Waals surface area contributed by atoms with Gasteiger partial charge in [0.1, 0.15) is 0 Å². The summed E-state index contributed by atoms with van der Waals surface area (Å²) >= 11 is 1.36. The molecule has 0 amide bonds. The van der Waals surface area contributed by atoms with E-state index in [0.717, 1.165) is 0 Å². The van der Waals surface area contributed by atoms with Crippen molar-refractivity contribution in [3.63, 3.8) is 0 Å². The molecular weight excluding hydrogens is 160 g/mol. The molecule has 3 heteroatoms. The van der Waals surface area contributed by atoms with E-state index in [2.05, 4.69) is 10.7 Å². The summed E-state index contributed by atoms with van der Waals surface area (Å²) in [5.41, 5.74) is 0.472. The topological polar surface area (TPSA) is 26.3 Å². The largest absolute Gasteiger partial charge is 0.465 e. The Bertz CT molecular complexity index is 306. The molecular formula is C8H6O2S. The van der Waals surface area contributed by atoms with Crippen LogP contribution in [-0.2, 0) is 4.74 Å². The molecule has 0 saturated heterocycles. The number of esters is 1. The number of ether oxygens (including phenoxy) is 1. The SMILES string of the molecule is C#Cc1sccc1C(=O)OC. The van der Waals surface area contributed by atoms with E-state index in [0.29, 0.717) is 10.4 Å². The van der Waals surface area contributed by atoms with Gasteiger partial charge in [-0.2, -0.15) is 0 Å². The molecule has 0 aliphatic rings. The molecule has 0 N–H and O–H groups in total. The molecule has 0 aromatic carbocycles. The lowest BCUT2D eigenvalue weighted by molar-refractivity contribution is 0.0601. The van der Waals surface area contributed by atoms with E-state index in [9.17, 15) is 4.79 Å². The van der Waals surface area contributed by atoms with Crippen LogP contribution in [0.1, 0.15) is 15.2 Å². The average Bonchev–Trinajstić information content (AvgIpc) is 2.50. The Morgan fingerprint density at radius 1 is 1.82 bits per heavy atom. The lowest BCUT2D eigenvalue weighted by atomic mass is 10.3. The van der Waals surface area contributed by atoms with Crippen LogP contribution in [0, 0.1) is 12.3 Å². The zero-order valence-electron chi connectivity index (χ0n) is 5.96. The van der Waals surface area contributed by atoms with Crippen LogP contribution in [0.2, 0.25) is 0 Å². The third kappa shape index (κ3) is 1.41. The zero-order valence-corrected chi connectivity index (χ0v) is 6.77. The van der Waals surface area contributed by atoms with Crippen LogP contribution < -0.4 is 0 Å². The van der Waals surface area contributed by atoms with Gasteiger partial charge in [-0.05, 0) is 11.4 Å². The first-order valence-corrected chi connectivity index (χ1v) is 3.80. The van der Waals surface area contributed by atoms with Gasteiger partial charge in [-0.15, -0.1) is 17.8 Å². The van der Waals surface area contributed by atoms with Crippen molar-refractivity contribution in [3.8, 4) is 12.3 Å². The molecule has 2 nitrogen and oxygen atoms in total. The highest BCUT2D eigenvalue weighted by atomic mass is 32.1. The molecule has 0 aliphatic carbocycles. The van der Waals surface area contributed by atoms with Gasteiger partial charge < -0.3 is 4.74 Å². The van der Waals surface area contributed by atoms with E-state index in [1.165, 1.54) is 18.4 Å². The van der Waals surface area contributed by atoms with Crippen LogP contribution in [0.3, 0.4) is 0 Å². The molecule has 1 heterocycles. The van der Waals surface area contributed by atoms with Crippen LogP contribution >= 0.6 is 11.3 Å². The fourth-order valence-electron chi connectivity index (χ4n) is 0.692. The second-order valence-electron chi connectivity index (χ2n) is 1.80. The van der Waals surface area contributed by atoms with Gasteiger partial charge in [-0.1, -0.05) is 5.92 Å². The van der Waals surface area contributed by atoms with E-state index in [1.807, 2.05) is 0 Å². The highest BCUT2D eigenvalue weighted by molar-refractivity contribution is 7.10. The fraction of sp³-hybridized carbons (Fsp3) is 0.125. The number of carbonyl (C=O) groups excluding carboxylic acids is 1. The molecule has 0 radical (unpaired) electrons. The highest BCUT2D eigenvalue weighted by Gasteiger charge is 2.10. The van der Waals surface area contributed by atoms with Crippen molar-refractivity contribution in [1.82, 2.24) is 0 Å². The van der Waals surface area contributed by atoms with Crippen molar-refractivity contribution in [2.45, 2.75) is 0 Å². The monoisotopic (exact) mass is 166 g/mol. The molecule has 1 aromatic rings. The Morgan fingerprint density at radius 2 is 2.55 bits per heavy atom. The number of terminal acetylenes is 1. The van der Waals surface area contributed by atoms with E-state index < -0.39 is 0 Å². The van der Waals surface area contributed by atoms with Gasteiger partial charge in [0.25, 0.3) is 0 Å². The molecule has 0 atom stereocenters. The summed E-state index contributed by atoms with van der Waals surface area (Å²) in [6.07, 6.45) is 5.14. The first-order valence-electron chi connectivity index (χ1n) is 2.92. The zero-order chi connectivity index (χ0) is 8.27. The molecule has 1 rings (SSSR count). The van der Waals surface area contributed by atoms with E-state index >= 15 is 0 Å². The Labute approximate surface area is 68.8 Å². The summed E-state index contributed by atoms with van der Waals surface area (Å²) in [7, 11) is 1.33. The molecule has 11 heavy (non-hydrogen) atoms. The molecule has 0 spiro atoms. The summed E-state index contributed by atoms with van der Waals surface area (Å²) in [5.74, 6) is 2.03. The van der Waals surface area contributed by atoms with E-state index in [-0.39, 0.29) is 5.97 Å². The highest BCUT2D eigenvalue weighted by Crippen LogP contribution is 2.15. The fourth-order valence-corrected chi connectivity index (χ4v) is 1.38. The number of hydrogen-bond donors (Lipinski definition) is 0. The first-order chi connectivity index (χ1) is 5.29. The van der Waals surface area contributed by atoms with E-state index in [1.54, 1.807) is 11.4 Å². The van der Waals surface area contributed by atoms with Gasteiger partial charge in [0.2, 0.25) is 0 Å². The van der Waals surface area contributed by atoms with Crippen molar-refractivity contribution in [3.05, 3.63) is 21.9 Å². The maximum atomic E-state index is 10.9. The lowest BCUT2D eigenvalue weighted by Gasteiger charge is -1.94.